The standard InChI is InChI=1S/C3H7NS2.Fe/c1-4(2)3(5)6;/h1-2H3,(H,5,6);. The molecule has 0 amide bonds. The quantitative estimate of drug-likeness (QED) is 0.330. The molecule has 0 spiro atoms. The summed E-state index contributed by atoms with van der Waals surface area (Å²) < 4.78 is 0.620. The van der Waals surface area contributed by atoms with E-state index in [1.165, 1.54) is 0 Å². The smallest absolute Gasteiger partial charge is 0.132 e. The first-order valence-corrected chi connectivity index (χ1v) is 2.40. The molecule has 0 heterocycles. The molecule has 7 heavy (non-hydrogen) atoms. The maximum atomic E-state index is 4.61. The van der Waals surface area contributed by atoms with Crippen LogP contribution in [0.3, 0.4) is 0 Å². The molecule has 0 rings (SSSR count). The molecular formula is C3H7FeNS2. The van der Waals surface area contributed by atoms with Crippen LogP contribution in [0.25, 0.3) is 0 Å². The van der Waals surface area contributed by atoms with E-state index in [0.29, 0.717) is 4.32 Å². The van der Waals surface area contributed by atoms with Crippen LogP contribution in [0, 0.1) is 0 Å². The molecule has 0 aliphatic carbocycles. The van der Waals surface area contributed by atoms with Crippen molar-refractivity contribution >= 4 is 29.2 Å². The summed E-state index contributed by atoms with van der Waals surface area (Å²) in [7, 11) is 3.71. The average molecular weight is 177 g/mol. The number of rotatable bonds is 0. The first-order chi connectivity index (χ1) is 2.64. The Kier molecular flexibility index (Phi) is 7.49. The molecular weight excluding hydrogens is 170 g/mol. The minimum Gasteiger partial charge on any atom is -0.364 e. The zero-order chi connectivity index (χ0) is 5.15. The Morgan fingerprint density at radius 3 is 1.71 bits per heavy atom. The third-order valence-electron chi connectivity index (χ3n) is 0.383. The molecule has 0 saturated heterocycles. The van der Waals surface area contributed by atoms with Crippen LogP contribution in [-0.4, -0.2) is 23.3 Å². The second-order valence-electron chi connectivity index (χ2n) is 1.18. The summed E-state index contributed by atoms with van der Waals surface area (Å²) in [5, 5.41) is 0. The number of thiocarbonyl (C=S) groups is 1. The van der Waals surface area contributed by atoms with Crippen LogP contribution in [0.2, 0.25) is 0 Å². The van der Waals surface area contributed by atoms with Gasteiger partial charge in [-0.2, -0.15) is 0 Å². The molecule has 0 radical (unpaired) electrons. The molecule has 0 saturated carbocycles. The van der Waals surface area contributed by atoms with Crippen LogP contribution >= 0.6 is 24.8 Å². The summed E-state index contributed by atoms with van der Waals surface area (Å²) >= 11 is 8.46. The maximum Gasteiger partial charge on any atom is 0.132 e. The minimum absolute atomic E-state index is 0. The Morgan fingerprint density at radius 2 is 1.71 bits per heavy atom. The summed E-state index contributed by atoms with van der Waals surface area (Å²) in [6, 6.07) is 0. The molecule has 0 aliphatic rings. The Hall–Kier alpha value is 0.759. The monoisotopic (exact) mass is 177 g/mol. The molecule has 0 N–H and O–H groups in total. The summed E-state index contributed by atoms with van der Waals surface area (Å²) in [4.78, 5) is 1.76. The normalized spacial score (nSPS) is 6.71. The van der Waals surface area contributed by atoms with Crippen molar-refractivity contribution in [1.82, 2.24) is 4.90 Å². The van der Waals surface area contributed by atoms with Gasteiger partial charge in [-0.15, -0.1) is 12.6 Å². The average Bonchev–Trinajstić information content (AvgIpc) is 1.36. The second-order valence-corrected chi connectivity index (χ2v) is 2.29. The van der Waals surface area contributed by atoms with Gasteiger partial charge in [0.05, 0.1) is 0 Å². The summed E-state index contributed by atoms with van der Waals surface area (Å²) in [5.41, 5.74) is 0. The van der Waals surface area contributed by atoms with Gasteiger partial charge in [0.1, 0.15) is 4.32 Å². The van der Waals surface area contributed by atoms with E-state index in [1.807, 2.05) is 14.1 Å². The summed E-state index contributed by atoms with van der Waals surface area (Å²) in [6.07, 6.45) is 0. The van der Waals surface area contributed by atoms with Crippen molar-refractivity contribution in [3.05, 3.63) is 0 Å². The van der Waals surface area contributed by atoms with Crippen molar-refractivity contribution in [2.75, 3.05) is 14.1 Å². The molecule has 0 fully saturated rings. The molecule has 0 aromatic carbocycles. The van der Waals surface area contributed by atoms with Gasteiger partial charge in [0.15, 0.2) is 0 Å². The van der Waals surface area contributed by atoms with Gasteiger partial charge < -0.3 is 4.90 Å². The van der Waals surface area contributed by atoms with Gasteiger partial charge in [-0.3, -0.25) is 0 Å². The van der Waals surface area contributed by atoms with Gasteiger partial charge in [0.25, 0.3) is 0 Å². The second kappa shape index (κ2) is 4.91. The molecule has 0 atom stereocenters. The van der Waals surface area contributed by atoms with Gasteiger partial charge in [-0.1, -0.05) is 12.2 Å². The summed E-state index contributed by atoms with van der Waals surface area (Å²) in [6.45, 7) is 0. The number of hydrogen-bond donors (Lipinski definition) is 1. The Balaban J connectivity index is 0. The number of nitrogens with zero attached hydrogens (tertiary/aromatic N) is 1. The van der Waals surface area contributed by atoms with Crippen LogP contribution in [-0.2, 0) is 17.1 Å². The zero-order valence-electron chi connectivity index (χ0n) is 4.16. The van der Waals surface area contributed by atoms with E-state index in [9.17, 15) is 0 Å². The van der Waals surface area contributed by atoms with Crippen molar-refractivity contribution in [3.63, 3.8) is 0 Å². The van der Waals surface area contributed by atoms with Crippen LogP contribution in [0.4, 0.5) is 0 Å². The maximum absolute atomic E-state index is 4.61. The summed E-state index contributed by atoms with van der Waals surface area (Å²) in [5.74, 6) is 0. The van der Waals surface area contributed by atoms with E-state index in [1.54, 1.807) is 4.90 Å². The molecule has 0 aromatic heterocycles. The first-order valence-electron chi connectivity index (χ1n) is 1.55. The molecule has 0 unspecified atom stereocenters. The Labute approximate surface area is 65.3 Å². The van der Waals surface area contributed by atoms with E-state index in [2.05, 4.69) is 24.8 Å². The van der Waals surface area contributed by atoms with E-state index >= 15 is 0 Å². The van der Waals surface area contributed by atoms with Crippen molar-refractivity contribution < 1.29 is 17.1 Å². The SMILES string of the molecule is CN(C)C(=S)S.[Fe]. The van der Waals surface area contributed by atoms with Crippen LogP contribution in [0.1, 0.15) is 0 Å². The van der Waals surface area contributed by atoms with Gasteiger partial charge in [-0.05, 0) is 0 Å². The molecule has 0 bridgehead atoms. The fraction of sp³-hybridized carbons (Fsp3) is 0.667. The third-order valence-corrected chi connectivity index (χ3v) is 1.15. The van der Waals surface area contributed by atoms with Crippen molar-refractivity contribution in [2.45, 2.75) is 0 Å². The van der Waals surface area contributed by atoms with Gasteiger partial charge in [0, 0.05) is 31.2 Å². The molecule has 1 nitrogen and oxygen atoms in total. The van der Waals surface area contributed by atoms with Gasteiger partial charge in [0.2, 0.25) is 0 Å². The Bertz CT molecular complexity index is 64.0. The number of hydrogen-bond acceptors (Lipinski definition) is 1. The van der Waals surface area contributed by atoms with E-state index in [-0.39, 0.29) is 17.1 Å². The fourth-order valence-electron chi connectivity index (χ4n) is 0. The topological polar surface area (TPSA) is 3.24 Å². The van der Waals surface area contributed by atoms with Crippen LogP contribution < -0.4 is 0 Å². The van der Waals surface area contributed by atoms with Crippen molar-refractivity contribution in [2.24, 2.45) is 0 Å². The predicted octanol–water partition coefficient (Wildman–Crippen LogP) is 0.760. The zero-order valence-corrected chi connectivity index (χ0v) is 6.97. The Morgan fingerprint density at radius 1 is 1.57 bits per heavy atom. The largest absolute Gasteiger partial charge is 0.364 e. The van der Waals surface area contributed by atoms with Crippen LogP contribution in [0.5, 0.6) is 0 Å². The van der Waals surface area contributed by atoms with Crippen molar-refractivity contribution in [3.8, 4) is 0 Å². The van der Waals surface area contributed by atoms with Crippen LogP contribution in [0.15, 0.2) is 0 Å². The van der Waals surface area contributed by atoms with E-state index in [4.69, 9.17) is 0 Å². The van der Waals surface area contributed by atoms with E-state index < -0.39 is 0 Å². The van der Waals surface area contributed by atoms with Gasteiger partial charge >= 0.3 is 0 Å². The third kappa shape index (κ3) is 6.76. The molecule has 44 valence electrons. The molecule has 4 heteroatoms. The predicted molar refractivity (Wildman–Crippen MR) is 35.3 cm³/mol. The number of thiol groups is 1. The van der Waals surface area contributed by atoms with Crippen molar-refractivity contribution in [1.29, 1.82) is 0 Å². The minimum atomic E-state index is 0. The fourth-order valence-corrected chi connectivity index (χ4v) is 0. The molecule has 0 aromatic rings. The van der Waals surface area contributed by atoms with Gasteiger partial charge in [-0.25, -0.2) is 0 Å². The molecule has 0 aliphatic heterocycles. The van der Waals surface area contributed by atoms with E-state index in [0.717, 1.165) is 0 Å². The first kappa shape index (κ1) is 10.7.